The van der Waals surface area contributed by atoms with Crippen LogP contribution in [0.2, 0.25) is 5.35 Å². The molecule has 14 heavy (non-hydrogen) atoms. The van der Waals surface area contributed by atoms with Crippen LogP contribution in [0.5, 0.6) is 0 Å². The lowest BCUT2D eigenvalue weighted by Crippen LogP contribution is -1.97. The summed E-state index contributed by atoms with van der Waals surface area (Å²) in [5, 5.41) is 7.92. The number of fused-ring (bicyclic) bond motifs is 5. The summed E-state index contributed by atoms with van der Waals surface area (Å²) in [5.41, 5.74) is 0. The lowest BCUT2D eigenvalue weighted by atomic mass is 10.0. The smallest absolute Gasteiger partial charge is 0.312 e. The molecule has 0 saturated heterocycles. The van der Waals surface area contributed by atoms with E-state index >= 15 is 0 Å². The van der Waals surface area contributed by atoms with Gasteiger partial charge in [-0.05, 0) is 54.5 Å². The summed E-state index contributed by atoms with van der Waals surface area (Å²) in [7, 11) is 0. The molecule has 74 valence electrons. The highest BCUT2D eigenvalue weighted by Crippen LogP contribution is 2.72. The van der Waals surface area contributed by atoms with E-state index in [9.17, 15) is 0 Å². The van der Waals surface area contributed by atoms with Gasteiger partial charge in [-0.15, -0.1) is 5.10 Å². The summed E-state index contributed by atoms with van der Waals surface area (Å²) in [4.78, 5) is 0. The Morgan fingerprint density at radius 2 is 1.86 bits per heavy atom. The van der Waals surface area contributed by atoms with Gasteiger partial charge in [0.05, 0.1) is 0 Å². The van der Waals surface area contributed by atoms with Crippen molar-refractivity contribution < 1.29 is 4.42 Å². The fourth-order valence-electron chi connectivity index (χ4n) is 4.01. The third-order valence-corrected chi connectivity index (χ3v) is 4.59. The van der Waals surface area contributed by atoms with Crippen LogP contribution in [-0.4, -0.2) is 10.2 Å². The van der Waals surface area contributed by atoms with Crippen LogP contribution in [0.25, 0.3) is 0 Å². The van der Waals surface area contributed by atoms with Gasteiger partial charge in [0.25, 0.3) is 0 Å². The molecule has 2 bridgehead atoms. The molecule has 4 rings (SSSR count). The number of hydrogen-bond donors (Lipinski definition) is 0. The summed E-state index contributed by atoms with van der Waals surface area (Å²) < 4.78 is 5.31. The summed E-state index contributed by atoms with van der Waals surface area (Å²) in [6.45, 7) is 0. The van der Waals surface area contributed by atoms with Crippen LogP contribution in [0.1, 0.15) is 31.1 Å². The highest BCUT2D eigenvalue weighted by atomic mass is 35.5. The molecule has 0 aromatic carbocycles. The Balaban J connectivity index is 1.66. The van der Waals surface area contributed by atoms with E-state index in [1.807, 2.05) is 0 Å². The molecule has 3 fully saturated rings. The van der Waals surface area contributed by atoms with E-state index in [1.165, 1.54) is 19.3 Å². The zero-order chi connectivity index (χ0) is 9.28. The van der Waals surface area contributed by atoms with Crippen molar-refractivity contribution in [3.8, 4) is 0 Å². The molecule has 1 aromatic rings. The summed E-state index contributed by atoms with van der Waals surface area (Å²) in [6, 6.07) is 0. The van der Waals surface area contributed by atoms with E-state index in [0.29, 0.717) is 5.92 Å². The van der Waals surface area contributed by atoms with Gasteiger partial charge in [-0.2, -0.15) is 0 Å². The molecule has 0 amide bonds. The maximum absolute atomic E-state index is 5.64. The standard InChI is InChI=1S/C10H11ClN2O/c11-10-13-12-9(14-10)8-6-4-1-2-5(3-4)7(6)8/h4-8H,1-3H2. The molecular weight excluding hydrogens is 200 g/mol. The predicted molar refractivity (Wildman–Crippen MR) is 49.9 cm³/mol. The van der Waals surface area contributed by atoms with Crippen molar-refractivity contribution in [3.05, 3.63) is 11.2 Å². The molecule has 0 spiro atoms. The van der Waals surface area contributed by atoms with Crippen molar-refractivity contribution in [2.75, 3.05) is 0 Å². The van der Waals surface area contributed by atoms with Crippen molar-refractivity contribution >= 4 is 11.6 Å². The molecule has 0 aliphatic heterocycles. The third kappa shape index (κ3) is 0.800. The predicted octanol–water partition coefficient (Wildman–Crippen LogP) is 2.48. The largest absolute Gasteiger partial charge is 0.412 e. The van der Waals surface area contributed by atoms with Crippen LogP contribution >= 0.6 is 11.6 Å². The van der Waals surface area contributed by atoms with Crippen LogP contribution in [0.4, 0.5) is 0 Å². The van der Waals surface area contributed by atoms with Gasteiger partial charge >= 0.3 is 5.35 Å². The van der Waals surface area contributed by atoms with E-state index < -0.39 is 0 Å². The van der Waals surface area contributed by atoms with E-state index in [1.54, 1.807) is 0 Å². The van der Waals surface area contributed by atoms with Crippen molar-refractivity contribution in [2.45, 2.75) is 25.2 Å². The molecule has 4 unspecified atom stereocenters. The van der Waals surface area contributed by atoms with E-state index in [2.05, 4.69) is 10.2 Å². The average Bonchev–Trinajstić information content (AvgIpc) is 2.58. The molecule has 3 aliphatic rings. The van der Waals surface area contributed by atoms with Gasteiger partial charge in [-0.3, -0.25) is 0 Å². The Kier molecular flexibility index (Phi) is 1.28. The Hall–Kier alpha value is -0.570. The van der Waals surface area contributed by atoms with Crippen LogP contribution in [0.15, 0.2) is 4.42 Å². The zero-order valence-electron chi connectivity index (χ0n) is 7.69. The minimum atomic E-state index is 0.192. The first-order valence-electron chi connectivity index (χ1n) is 5.33. The van der Waals surface area contributed by atoms with Gasteiger partial charge in [0, 0.05) is 5.92 Å². The highest BCUT2D eigenvalue weighted by Gasteiger charge is 2.67. The zero-order valence-corrected chi connectivity index (χ0v) is 8.44. The Bertz CT molecular complexity index is 375. The molecule has 4 heteroatoms. The fraction of sp³-hybridized carbons (Fsp3) is 0.800. The van der Waals surface area contributed by atoms with E-state index in [-0.39, 0.29) is 5.35 Å². The number of hydrogen-bond acceptors (Lipinski definition) is 3. The van der Waals surface area contributed by atoms with Gasteiger partial charge in [-0.1, -0.05) is 5.10 Å². The quantitative estimate of drug-likeness (QED) is 0.715. The SMILES string of the molecule is Clc1nnc(C2C3C4CCC(C4)C23)o1. The van der Waals surface area contributed by atoms with Gasteiger partial charge in [0.2, 0.25) is 5.89 Å². The van der Waals surface area contributed by atoms with Gasteiger partial charge in [0.15, 0.2) is 0 Å². The molecule has 4 atom stereocenters. The van der Waals surface area contributed by atoms with Gasteiger partial charge in [0.1, 0.15) is 0 Å². The molecule has 0 radical (unpaired) electrons. The lowest BCUT2D eigenvalue weighted by Gasteiger charge is -2.04. The molecule has 1 aromatic heterocycles. The second-order valence-electron chi connectivity index (χ2n) is 4.91. The molecule has 3 nitrogen and oxygen atoms in total. The second kappa shape index (κ2) is 2.32. The van der Waals surface area contributed by atoms with Crippen LogP contribution in [0.3, 0.4) is 0 Å². The maximum Gasteiger partial charge on any atom is 0.312 e. The normalized spacial score (nSPS) is 48.2. The summed E-state index contributed by atoms with van der Waals surface area (Å²) >= 11 is 5.64. The maximum atomic E-state index is 5.64. The van der Waals surface area contributed by atoms with E-state index in [0.717, 1.165) is 29.6 Å². The minimum Gasteiger partial charge on any atom is -0.412 e. The van der Waals surface area contributed by atoms with Crippen LogP contribution in [0, 0.1) is 23.7 Å². The first-order valence-corrected chi connectivity index (χ1v) is 5.71. The van der Waals surface area contributed by atoms with Gasteiger partial charge < -0.3 is 4.42 Å². The van der Waals surface area contributed by atoms with Gasteiger partial charge in [-0.25, -0.2) is 0 Å². The van der Waals surface area contributed by atoms with Crippen molar-refractivity contribution in [1.82, 2.24) is 10.2 Å². The number of aromatic nitrogens is 2. The average molecular weight is 211 g/mol. The monoisotopic (exact) mass is 210 g/mol. The van der Waals surface area contributed by atoms with Crippen LogP contribution in [-0.2, 0) is 0 Å². The first kappa shape index (κ1) is 7.69. The second-order valence-corrected chi connectivity index (χ2v) is 5.23. The van der Waals surface area contributed by atoms with Crippen molar-refractivity contribution in [3.63, 3.8) is 0 Å². The van der Waals surface area contributed by atoms with E-state index in [4.69, 9.17) is 16.0 Å². The number of halogens is 1. The Labute approximate surface area is 86.8 Å². The van der Waals surface area contributed by atoms with Crippen molar-refractivity contribution in [1.29, 1.82) is 0 Å². The number of rotatable bonds is 1. The lowest BCUT2D eigenvalue weighted by molar-refractivity contribution is 0.433. The number of nitrogens with zero attached hydrogens (tertiary/aromatic N) is 2. The summed E-state index contributed by atoms with van der Waals surface area (Å²) in [5.74, 6) is 4.94. The molecular formula is C10H11ClN2O. The molecule has 0 N–H and O–H groups in total. The molecule has 3 saturated carbocycles. The summed E-state index contributed by atoms with van der Waals surface area (Å²) in [6.07, 6.45) is 4.29. The minimum absolute atomic E-state index is 0.192. The highest BCUT2D eigenvalue weighted by molar-refractivity contribution is 6.27. The van der Waals surface area contributed by atoms with Crippen molar-refractivity contribution in [2.24, 2.45) is 23.7 Å². The topological polar surface area (TPSA) is 38.9 Å². The third-order valence-electron chi connectivity index (χ3n) is 4.44. The Morgan fingerprint density at radius 3 is 2.43 bits per heavy atom. The molecule has 3 aliphatic carbocycles. The molecule has 1 heterocycles. The van der Waals surface area contributed by atoms with Crippen LogP contribution < -0.4 is 0 Å². The first-order chi connectivity index (χ1) is 6.84. The Morgan fingerprint density at radius 1 is 1.14 bits per heavy atom. The fourth-order valence-corrected chi connectivity index (χ4v) is 4.12.